The second kappa shape index (κ2) is 12.5. The Morgan fingerprint density at radius 1 is 1.17 bits per heavy atom. The molecule has 2 heterocycles. The molecule has 3 N–H and O–H groups in total. The number of piperidine rings is 1. The van der Waals surface area contributed by atoms with Crippen molar-refractivity contribution < 1.29 is 14.3 Å². The molecule has 8 nitrogen and oxygen atoms in total. The molecule has 1 saturated carbocycles. The van der Waals surface area contributed by atoms with E-state index in [-0.39, 0.29) is 36.1 Å². The molecule has 1 aliphatic heterocycles. The number of para-hydroxylation sites is 2. The molecule has 8 heteroatoms. The number of fused-ring (bicyclic) bond motifs is 1. The second-order valence-electron chi connectivity index (χ2n) is 10.2. The number of imidazole rings is 1. The normalized spacial score (nSPS) is 20.2. The lowest BCUT2D eigenvalue weighted by Gasteiger charge is -2.33. The van der Waals surface area contributed by atoms with Crippen LogP contribution in [0.1, 0.15) is 69.5 Å². The van der Waals surface area contributed by atoms with E-state index >= 15 is 0 Å². The van der Waals surface area contributed by atoms with Gasteiger partial charge in [-0.1, -0.05) is 31.4 Å². The number of benzene rings is 1. The molecular weight excluding hydrogens is 442 g/mol. The summed E-state index contributed by atoms with van der Waals surface area (Å²) in [4.78, 5) is 32.4. The fraction of sp³-hybridized carbons (Fsp3) is 0.667. The number of nitrogens with one attached hydrogen (secondary N) is 1. The van der Waals surface area contributed by atoms with Crippen LogP contribution in [0.3, 0.4) is 0 Å². The molecule has 1 saturated heterocycles. The third kappa shape index (κ3) is 6.61. The van der Waals surface area contributed by atoms with Crippen LogP contribution in [0, 0.1) is 5.92 Å². The predicted molar refractivity (Wildman–Crippen MR) is 137 cm³/mol. The first-order valence-electron chi connectivity index (χ1n) is 13.3. The summed E-state index contributed by atoms with van der Waals surface area (Å²) in [5.74, 6) is 1.53. The number of ether oxygens (including phenoxy) is 1. The van der Waals surface area contributed by atoms with E-state index in [1.54, 1.807) is 7.11 Å². The maximum Gasteiger partial charge on any atom is 0.224 e. The van der Waals surface area contributed by atoms with Gasteiger partial charge in [0.15, 0.2) is 0 Å². The molecular formula is C27H41N5O3. The van der Waals surface area contributed by atoms with Crippen LogP contribution in [-0.4, -0.2) is 65.7 Å². The predicted octanol–water partition coefficient (Wildman–Crippen LogP) is 3.19. The van der Waals surface area contributed by atoms with Crippen molar-refractivity contribution in [3.05, 3.63) is 30.1 Å². The highest BCUT2D eigenvalue weighted by atomic mass is 16.5. The van der Waals surface area contributed by atoms with E-state index in [2.05, 4.69) is 22.0 Å². The van der Waals surface area contributed by atoms with Gasteiger partial charge in [0.25, 0.3) is 0 Å². The molecule has 35 heavy (non-hydrogen) atoms. The summed E-state index contributed by atoms with van der Waals surface area (Å²) in [6.45, 7) is 3.32. The van der Waals surface area contributed by atoms with Crippen molar-refractivity contribution in [2.45, 2.75) is 76.3 Å². The van der Waals surface area contributed by atoms with E-state index in [1.165, 1.54) is 6.42 Å². The van der Waals surface area contributed by atoms with Crippen molar-refractivity contribution >= 4 is 22.8 Å². The highest BCUT2D eigenvalue weighted by molar-refractivity contribution is 5.79. The fourth-order valence-corrected chi connectivity index (χ4v) is 5.59. The molecule has 2 aromatic rings. The number of hydrogen-bond donors (Lipinski definition) is 2. The number of likely N-dealkylation sites (tertiary alicyclic amines) is 1. The molecule has 4 rings (SSSR count). The van der Waals surface area contributed by atoms with Crippen LogP contribution in [0.4, 0.5) is 0 Å². The largest absolute Gasteiger partial charge is 0.385 e. The van der Waals surface area contributed by atoms with Gasteiger partial charge in [-0.25, -0.2) is 4.98 Å². The van der Waals surface area contributed by atoms with E-state index < -0.39 is 0 Å². The molecule has 1 aliphatic carbocycles. The van der Waals surface area contributed by atoms with Gasteiger partial charge in [-0.15, -0.1) is 0 Å². The number of aryl methyl sites for hydroxylation is 1. The number of carbonyl (C=O) groups is 2. The molecule has 0 unspecified atom stereocenters. The monoisotopic (exact) mass is 483 g/mol. The maximum atomic E-state index is 13.1. The van der Waals surface area contributed by atoms with Crippen molar-refractivity contribution in [1.82, 2.24) is 19.8 Å². The number of amides is 2. The third-order valence-electron chi connectivity index (χ3n) is 7.50. The SMILES string of the molecule is COCCCn1c([C@@H]2CCCN(C(=O)C[C@H](N)CNC(=O)C3CCCCC3)C2)nc2ccccc21. The van der Waals surface area contributed by atoms with E-state index in [9.17, 15) is 9.59 Å². The lowest BCUT2D eigenvalue weighted by molar-refractivity contribution is -0.133. The third-order valence-corrected chi connectivity index (χ3v) is 7.50. The van der Waals surface area contributed by atoms with E-state index in [4.69, 9.17) is 15.5 Å². The first-order chi connectivity index (χ1) is 17.1. The van der Waals surface area contributed by atoms with Gasteiger partial charge in [0.1, 0.15) is 5.82 Å². The Morgan fingerprint density at radius 2 is 1.97 bits per heavy atom. The number of nitrogens with two attached hydrogens (primary N) is 1. The average molecular weight is 484 g/mol. The molecule has 2 aliphatic rings. The van der Waals surface area contributed by atoms with Crippen LogP contribution in [0.5, 0.6) is 0 Å². The van der Waals surface area contributed by atoms with Crippen molar-refractivity contribution in [3.8, 4) is 0 Å². The Balaban J connectivity index is 1.34. The van der Waals surface area contributed by atoms with Crippen molar-refractivity contribution in [1.29, 1.82) is 0 Å². The molecule has 2 atom stereocenters. The van der Waals surface area contributed by atoms with Crippen molar-refractivity contribution in [3.63, 3.8) is 0 Å². The first kappa shape index (κ1) is 25.6. The summed E-state index contributed by atoms with van der Waals surface area (Å²) in [7, 11) is 1.73. The Hall–Kier alpha value is -2.45. The van der Waals surface area contributed by atoms with Gasteiger partial charge in [-0.3, -0.25) is 9.59 Å². The number of aromatic nitrogens is 2. The van der Waals surface area contributed by atoms with Gasteiger partial charge in [0.2, 0.25) is 11.8 Å². The zero-order valence-corrected chi connectivity index (χ0v) is 21.1. The van der Waals surface area contributed by atoms with E-state index in [0.29, 0.717) is 19.7 Å². The Kier molecular flexibility index (Phi) is 9.15. The van der Waals surface area contributed by atoms with Crippen LogP contribution in [-0.2, 0) is 20.9 Å². The first-order valence-corrected chi connectivity index (χ1v) is 13.3. The summed E-state index contributed by atoms with van der Waals surface area (Å²) in [5, 5.41) is 2.98. The lowest BCUT2D eigenvalue weighted by atomic mass is 9.88. The standard InChI is InChI=1S/C27H41N5O3/c1-35-16-8-15-32-24-13-6-5-12-23(24)30-26(32)21-11-7-14-31(19-21)25(33)17-22(28)18-29-27(34)20-9-3-2-4-10-20/h5-6,12-13,20-22H,2-4,7-11,14-19,28H2,1H3,(H,29,34)/t21-,22+/m1/s1. The van der Waals surface area contributed by atoms with Crippen molar-refractivity contribution in [2.24, 2.45) is 11.7 Å². The van der Waals surface area contributed by atoms with E-state index in [1.807, 2.05) is 17.0 Å². The van der Waals surface area contributed by atoms with Gasteiger partial charge in [-0.2, -0.15) is 0 Å². The highest BCUT2D eigenvalue weighted by Crippen LogP contribution is 2.30. The Labute approximate surface area is 208 Å². The van der Waals surface area contributed by atoms with Crippen LogP contribution in [0.25, 0.3) is 11.0 Å². The lowest BCUT2D eigenvalue weighted by Crippen LogP contribution is -2.45. The van der Waals surface area contributed by atoms with Crippen LogP contribution < -0.4 is 11.1 Å². The molecule has 0 radical (unpaired) electrons. The summed E-state index contributed by atoms with van der Waals surface area (Å²) in [6.07, 6.45) is 8.53. The topological polar surface area (TPSA) is 102 Å². The van der Waals surface area contributed by atoms with Crippen LogP contribution >= 0.6 is 0 Å². The van der Waals surface area contributed by atoms with Gasteiger partial charge in [0.05, 0.1) is 11.0 Å². The number of nitrogens with zero attached hydrogens (tertiary/aromatic N) is 3. The molecule has 0 bridgehead atoms. The summed E-state index contributed by atoms with van der Waals surface area (Å²) in [6, 6.07) is 7.87. The number of hydrogen-bond acceptors (Lipinski definition) is 5. The summed E-state index contributed by atoms with van der Waals surface area (Å²) < 4.78 is 7.57. The quantitative estimate of drug-likeness (QED) is 0.505. The zero-order valence-electron chi connectivity index (χ0n) is 21.1. The maximum absolute atomic E-state index is 13.1. The molecule has 2 amide bonds. The summed E-state index contributed by atoms with van der Waals surface area (Å²) in [5.41, 5.74) is 8.39. The van der Waals surface area contributed by atoms with Gasteiger partial charge in [-0.05, 0) is 44.2 Å². The minimum Gasteiger partial charge on any atom is -0.385 e. The minimum atomic E-state index is -0.367. The highest BCUT2D eigenvalue weighted by Gasteiger charge is 2.29. The van der Waals surface area contributed by atoms with Gasteiger partial charge >= 0.3 is 0 Å². The van der Waals surface area contributed by atoms with Crippen LogP contribution in [0.2, 0.25) is 0 Å². The van der Waals surface area contributed by atoms with Crippen LogP contribution in [0.15, 0.2) is 24.3 Å². The second-order valence-corrected chi connectivity index (χ2v) is 10.2. The smallest absolute Gasteiger partial charge is 0.224 e. The molecule has 192 valence electrons. The number of carbonyl (C=O) groups excluding carboxylic acids is 2. The van der Waals surface area contributed by atoms with Gasteiger partial charge < -0.3 is 25.3 Å². The van der Waals surface area contributed by atoms with E-state index in [0.717, 1.165) is 74.9 Å². The minimum absolute atomic E-state index is 0.0659. The molecule has 0 spiro atoms. The fourth-order valence-electron chi connectivity index (χ4n) is 5.59. The number of methoxy groups -OCH3 is 1. The number of rotatable bonds is 10. The molecule has 1 aromatic heterocycles. The Morgan fingerprint density at radius 3 is 2.77 bits per heavy atom. The Bertz CT molecular complexity index is 984. The zero-order chi connectivity index (χ0) is 24.6. The molecule has 1 aromatic carbocycles. The average Bonchev–Trinajstić information content (AvgIpc) is 3.26. The van der Waals surface area contributed by atoms with Gasteiger partial charge in [0, 0.05) is 64.2 Å². The molecule has 2 fully saturated rings. The van der Waals surface area contributed by atoms with Crippen molar-refractivity contribution in [2.75, 3.05) is 33.4 Å². The summed E-state index contributed by atoms with van der Waals surface area (Å²) >= 11 is 0.